The van der Waals surface area contributed by atoms with Crippen molar-refractivity contribution in [2.45, 2.75) is 6.18 Å². The van der Waals surface area contributed by atoms with E-state index in [2.05, 4.69) is 10.1 Å². The molecule has 0 aliphatic rings. The first-order valence-corrected chi connectivity index (χ1v) is 5.68. The molecule has 21 heavy (non-hydrogen) atoms. The van der Waals surface area contributed by atoms with Gasteiger partial charge in [-0.3, -0.25) is 4.79 Å². The van der Waals surface area contributed by atoms with Gasteiger partial charge in [-0.25, -0.2) is 9.18 Å². The molecular formula is C12H12F4N2O3. The van der Waals surface area contributed by atoms with Gasteiger partial charge < -0.3 is 15.4 Å². The van der Waals surface area contributed by atoms with Crippen molar-refractivity contribution in [1.82, 2.24) is 5.32 Å². The zero-order valence-corrected chi connectivity index (χ0v) is 10.9. The Hall–Kier alpha value is -2.16. The molecule has 0 spiro atoms. The van der Waals surface area contributed by atoms with Crippen LogP contribution in [0, 0.1) is 5.82 Å². The van der Waals surface area contributed by atoms with Crippen molar-refractivity contribution in [3.8, 4) is 0 Å². The highest BCUT2D eigenvalue weighted by Crippen LogP contribution is 2.16. The van der Waals surface area contributed by atoms with Crippen molar-refractivity contribution in [2.75, 3.05) is 25.5 Å². The molecule has 0 heterocycles. The van der Waals surface area contributed by atoms with Crippen molar-refractivity contribution >= 4 is 17.6 Å². The van der Waals surface area contributed by atoms with Crippen molar-refractivity contribution in [2.24, 2.45) is 0 Å². The Morgan fingerprint density at radius 3 is 2.52 bits per heavy atom. The Morgan fingerprint density at radius 1 is 1.29 bits per heavy atom. The fourth-order valence-electron chi connectivity index (χ4n) is 1.39. The molecule has 2 N–H and O–H groups in total. The predicted molar refractivity (Wildman–Crippen MR) is 65.3 cm³/mol. The van der Waals surface area contributed by atoms with Crippen molar-refractivity contribution in [3.63, 3.8) is 0 Å². The lowest BCUT2D eigenvalue weighted by Crippen LogP contribution is -2.35. The highest BCUT2D eigenvalue weighted by Gasteiger charge is 2.26. The van der Waals surface area contributed by atoms with Gasteiger partial charge in [0.1, 0.15) is 5.82 Å². The summed E-state index contributed by atoms with van der Waals surface area (Å²) >= 11 is 0. The van der Waals surface area contributed by atoms with E-state index in [0.717, 1.165) is 19.2 Å². The second-order valence-electron chi connectivity index (χ2n) is 3.95. The fraction of sp³-hybridized carbons (Fsp3) is 0.333. The van der Waals surface area contributed by atoms with Crippen LogP contribution in [0.3, 0.4) is 0 Å². The largest absolute Gasteiger partial charge is 0.465 e. The van der Waals surface area contributed by atoms with Crippen molar-refractivity contribution < 1.29 is 31.9 Å². The summed E-state index contributed by atoms with van der Waals surface area (Å²) in [5.74, 6) is -2.53. The first kappa shape index (κ1) is 16.9. The molecule has 0 saturated carbocycles. The fourth-order valence-corrected chi connectivity index (χ4v) is 1.39. The molecule has 0 aliphatic heterocycles. The minimum absolute atomic E-state index is 0.0654. The number of methoxy groups -OCH3 is 1. The molecular weight excluding hydrogens is 296 g/mol. The monoisotopic (exact) mass is 308 g/mol. The van der Waals surface area contributed by atoms with E-state index in [1.54, 1.807) is 0 Å². The van der Waals surface area contributed by atoms with Crippen LogP contribution < -0.4 is 10.6 Å². The van der Waals surface area contributed by atoms with E-state index in [0.29, 0.717) is 0 Å². The van der Waals surface area contributed by atoms with Gasteiger partial charge in [-0.05, 0) is 18.2 Å². The molecule has 0 aromatic heterocycles. The average molecular weight is 308 g/mol. The van der Waals surface area contributed by atoms with Crippen LogP contribution in [0.25, 0.3) is 0 Å². The van der Waals surface area contributed by atoms with Gasteiger partial charge in [0.2, 0.25) is 5.91 Å². The number of alkyl halides is 3. The maximum atomic E-state index is 13.3. The highest BCUT2D eigenvalue weighted by atomic mass is 19.4. The van der Waals surface area contributed by atoms with Gasteiger partial charge in [-0.2, -0.15) is 13.2 Å². The minimum Gasteiger partial charge on any atom is -0.465 e. The summed E-state index contributed by atoms with van der Waals surface area (Å²) in [7, 11) is 1.06. The molecule has 1 aromatic carbocycles. The number of amides is 1. The summed E-state index contributed by atoms with van der Waals surface area (Å²) in [4.78, 5) is 22.6. The molecule has 0 atom stereocenters. The summed E-state index contributed by atoms with van der Waals surface area (Å²) in [6.07, 6.45) is -4.42. The zero-order valence-electron chi connectivity index (χ0n) is 10.9. The maximum absolute atomic E-state index is 13.3. The quantitative estimate of drug-likeness (QED) is 0.642. The van der Waals surface area contributed by atoms with Crippen LogP contribution in [0.1, 0.15) is 10.4 Å². The average Bonchev–Trinajstić information content (AvgIpc) is 2.38. The number of anilines is 1. The van der Waals surface area contributed by atoms with Crippen LogP contribution >= 0.6 is 0 Å². The van der Waals surface area contributed by atoms with Gasteiger partial charge in [-0.15, -0.1) is 0 Å². The molecule has 0 radical (unpaired) electrons. The van der Waals surface area contributed by atoms with Crippen LogP contribution in [0.15, 0.2) is 18.2 Å². The van der Waals surface area contributed by atoms with Crippen LogP contribution in [-0.2, 0) is 9.53 Å². The number of hydrogen-bond donors (Lipinski definition) is 2. The summed E-state index contributed by atoms with van der Waals surface area (Å²) in [6.45, 7) is -1.89. The molecule has 9 heteroatoms. The lowest BCUT2D eigenvalue weighted by Gasteiger charge is -2.09. The van der Waals surface area contributed by atoms with Crippen LogP contribution in [0.4, 0.5) is 23.2 Å². The Balaban J connectivity index is 2.62. The van der Waals surface area contributed by atoms with E-state index in [1.165, 1.54) is 6.07 Å². The molecule has 1 amide bonds. The number of carbonyl (C=O) groups excluding carboxylic acids is 2. The number of esters is 1. The molecule has 1 rings (SSSR count). The van der Waals surface area contributed by atoms with Gasteiger partial charge in [0.25, 0.3) is 0 Å². The molecule has 0 aliphatic carbocycles. The van der Waals surface area contributed by atoms with Gasteiger partial charge in [0.15, 0.2) is 0 Å². The smallest absolute Gasteiger partial charge is 0.401 e. The number of ether oxygens (including phenoxy) is 1. The van der Waals surface area contributed by atoms with E-state index < -0.39 is 42.5 Å². The van der Waals surface area contributed by atoms with Crippen LogP contribution in [0.2, 0.25) is 0 Å². The zero-order chi connectivity index (χ0) is 16.0. The number of rotatable bonds is 5. The molecule has 0 unspecified atom stereocenters. The van der Waals surface area contributed by atoms with Gasteiger partial charge >= 0.3 is 12.1 Å². The summed E-state index contributed by atoms with van der Waals surface area (Å²) in [5, 5.41) is 4.13. The van der Waals surface area contributed by atoms with E-state index in [9.17, 15) is 27.2 Å². The van der Waals surface area contributed by atoms with Gasteiger partial charge in [-0.1, -0.05) is 0 Å². The van der Waals surface area contributed by atoms with Gasteiger partial charge in [0.05, 0.1) is 25.8 Å². The SMILES string of the molecule is COC(=O)c1cc(NC(=O)CNCC(F)(F)F)ccc1F. The number of nitrogens with one attached hydrogen (secondary N) is 2. The number of carbonyl (C=O) groups is 2. The lowest BCUT2D eigenvalue weighted by atomic mass is 10.2. The number of halogens is 4. The van der Waals surface area contributed by atoms with E-state index >= 15 is 0 Å². The normalized spacial score (nSPS) is 11.1. The van der Waals surface area contributed by atoms with Crippen molar-refractivity contribution in [1.29, 1.82) is 0 Å². The second kappa shape index (κ2) is 7.02. The number of benzene rings is 1. The molecule has 1 aromatic rings. The van der Waals surface area contributed by atoms with Gasteiger partial charge in [0, 0.05) is 5.69 Å². The van der Waals surface area contributed by atoms with Crippen LogP contribution in [-0.4, -0.2) is 38.3 Å². The summed E-state index contributed by atoms with van der Waals surface area (Å²) in [6, 6.07) is 3.14. The predicted octanol–water partition coefficient (Wildman–Crippen LogP) is 1.70. The summed E-state index contributed by atoms with van der Waals surface area (Å²) in [5.41, 5.74) is -0.325. The third-order valence-electron chi connectivity index (χ3n) is 2.27. The van der Waals surface area contributed by atoms with E-state index in [4.69, 9.17) is 0 Å². The molecule has 0 fully saturated rings. The summed E-state index contributed by atoms with van der Waals surface area (Å²) < 4.78 is 53.3. The first-order chi connectivity index (χ1) is 9.73. The Morgan fingerprint density at radius 2 is 1.95 bits per heavy atom. The second-order valence-corrected chi connectivity index (χ2v) is 3.95. The third kappa shape index (κ3) is 5.78. The molecule has 116 valence electrons. The van der Waals surface area contributed by atoms with E-state index in [-0.39, 0.29) is 5.69 Å². The maximum Gasteiger partial charge on any atom is 0.401 e. The number of hydrogen-bond acceptors (Lipinski definition) is 4. The van der Waals surface area contributed by atoms with Crippen molar-refractivity contribution in [3.05, 3.63) is 29.6 Å². The Kier molecular flexibility index (Phi) is 5.65. The van der Waals surface area contributed by atoms with Crippen LogP contribution in [0.5, 0.6) is 0 Å². The molecule has 0 saturated heterocycles. The third-order valence-corrected chi connectivity index (χ3v) is 2.27. The minimum atomic E-state index is -4.42. The Bertz CT molecular complexity index is 532. The Labute approximate surface area is 117 Å². The molecule has 0 bridgehead atoms. The molecule has 5 nitrogen and oxygen atoms in total. The standard InChI is InChI=1S/C12H12F4N2O3/c1-21-11(20)8-4-7(2-3-9(8)13)18-10(19)5-17-6-12(14,15)16/h2-4,17H,5-6H2,1H3,(H,18,19). The van der Waals surface area contributed by atoms with E-state index in [1.807, 2.05) is 5.32 Å². The lowest BCUT2D eigenvalue weighted by molar-refractivity contribution is -0.127. The topological polar surface area (TPSA) is 67.4 Å². The highest BCUT2D eigenvalue weighted by molar-refractivity contribution is 5.95. The first-order valence-electron chi connectivity index (χ1n) is 5.68.